The van der Waals surface area contributed by atoms with Gasteiger partial charge in [-0.05, 0) is 12.8 Å². The summed E-state index contributed by atoms with van der Waals surface area (Å²) in [6.45, 7) is 4.91. The van der Waals surface area contributed by atoms with E-state index in [0.717, 1.165) is 5.75 Å². The van der Waals surface area contributed by atoms with Gasteiger partial charge in [0.2, 0.25) is 11.8 Å². The summed E-state index contributed by atoms with van der Waals surface area (Å²) in [5, 5.41) is 0. The summed E-state index contributed by atoms with van der Waals surface area (Å²) in [5.41, 5.74) is 5.23. The molecule has 1 heterocycles. The molecule has 2 amide bonds. The summed E-state index contributed by atoms with van der Waals surface area (Å²) in [4.78, 5) is 24.5. The lowest BCUT2D eigenvalue weighted by Gasteiger charge is -2.30. The largest absolute Gasteiger partial charge is 0.369 e. The number of carbonyl (C=O) groups excluding carboxylic acids is 2. The van der Waals surface area contributed by atoms with Gasteiger partial charge in [-0.3, -0.25) is 9.59 Å². The predicted molar refractivity (Wildman–Crippen MR) is 66.0 cm³/mol. The Morgan fingerprint density at radius 2 is 2.06 bits per heavy atom. The number of carbonyl (C=O) groups is 2. The van der Waals surface area contributed by atoms with Gasteiger partial charge in [0.15, 0.2) is 0 Å². The molecule has 1 rings (SSSR count). The molecular weight excluding hydrogens is 224 g/mol. The summed E-state index contributed by atoms with van der Waals surface area (Å²) in [6, 6.07) is 0. The maximum atomic E-state index is 11.7. The normalized spacial score (nSPS) is 17.1. The maximum Gasteiger partial charge on any atom is 0.232 e. The molecule has 0 saturated carbocycles. The summed E-state index contributed by atoms with van der Waals surface area (Å²) < 4.78 is 0. The van der Waals surface area contributed by atoms with Gasteiger partial charge >= 0.3 is 0 Å². The third kappa shape index (κ3) is 3.89. The number of piperidine rings is 1. The van der Waals surface area contributed by atoms with Crippen molar-refractivity contribution < 1.29 is 9.59 Å². The molecule has 4 nitrogen and oxygen atoms in total. The number of amides is 2. The molecule has 1 aliphatic heterocycles. The topological polar surface area (TPSA) is 63.4 Å². The second-order valence-electron chi connectivity index (χ2n) is 3.86. The van der Waals surface area contributed by atoms with Crippen LogP contribution < -0.4 is 5.73 Å². The Bertz CT molecular complexity index is 273. The lowest BCUT2D eigenvalue weighted by Crippen LogP contribution is -2.42. The van der Waals surface area contributed by atoms with Crippen molar-refractivity contribution in [3.8, 4) is 0 Å². The highest BCUT2D eigenvalue weighted by Gasteiger charge is 2.25. The van der Waals surface area contributed by atoms with Crippen LogP contribution >= 0.6 is 11.8 Å². The highest BCUT2D eigenvalue weighted by molar-refractivity contribution is 8.00. The Morgan fingerprint density at radius 3 is 2.56 bits per heavy atom. The quantitative estimate of drug-likeness (QED) is 0.568. The van der Waals surface area contributed by atoms with Crippen LogP contribution in [0.5, 0.6) is 0 Å². The monoisotopic (exact) mass is 242 g/mol. The average Bonchev–Trinajstić information content (AvgIpc) is 2.29. The van der Waals surface area contributed by atoms with Crippen molar-refractivity contribution in [2.75, 3.05) is 24.6 Å². The molecule has 1 fully saturated rings. The first-order valence-electron chi connectivity index (χ1n) is 5.41. The van der Waals surface area contributed by atoms with E-state index in [1.165, 1.54) is 0 Å². The number of nitrogens with zero attached hydrogens (tertiary/aromatic N) is 1. The number of hydrogen-bond acceptors (Lipinski definition) is 3. The minimum atomic E-state index is -0.242. The number of hydrogen-bond donors (Lipinski definition) is 1. The van der Waals surface area contributed by atoms with Gasteiger partial charge in [0.1, 0.15) is 0 Å². The lowest BCUT2D eigenvalue weighted by molar-refractivity contribution is -0.132. The summed E-state index contributed by atoms with van der Waals surface area (Å²) in [5.74, 6) is 1.14. The number of likely N-dealkylation sites (tertiary alicyclic amines) is 1. The Labute approximate surface area is 100 Å². The van der Waals surface area contributed by atoms with Crippen LogP contribution in [-0.2, 0) is 9.59 Å². The van der Waals surface area contributed by atoms with Crippen LogP contribution in [0.4, 0.5) is 0 Å². The first-order valence-corrected chi connectivity index (χ1v) is 6.56. The smallest absolute Gasteiger partial charge is 0.232 e. The molecule has 0 spiro atoms. The van der Waals surface area contributed by atoms with Crippen LogP contribution in [0, 0.1) is 5.92 Å². The van der Waals surface area contributed by atoms with Gasteiger partial charge in [-0.15, -0.1) is 18.3 Å². The first-order chi connectivity index (χ1) is 7.65. The summed E-state index contributed by atoms with van der Waals surface area (Å²) >= 11 is 1.56. The minimum Gasteiger partial charge on any atom is -0.369 e. The Kier molecular flexibility index (Phi) is 5.38. The average molecular weight is 242 g/mol. The third-order valence-electron chi connectivity index (χ3n) is 2.71. The van der Waals surface area contributed by atoms with Crippen LogP contribution in [0.3, 0.4) is 0 Å². The molecule has 0 bridgehead atoms. The van der Waals surface area contributed by atoms with E-state index in [1.807, 2.05) is 4.90 Å². The zero-order valence-corrected chi connectivity index (χ0v) is 10.2. The van der Waals surface area contributed by atoms with Crippen LogP contribution in [0.1, 0.15) is 12.8 Å². The second kappa shape index (κ2) is 6.58. The second-order valence-corrected chi connectivity index (χ2v) is 4.89. The van der Waals surface area contributed by atoms with E-state index in [4.69, 9.17) is 5.73 Å². The molecule has 0 aromatic carbocycles. The Balaban J connectivity index is 2.27. The molecule has 0 aliphatic carbocycles. The van der Waals surface area contributed by atoms with Gasteiger partial charge in [-0.1, -0.05) is 6.08 Å². The number of nitrogens with two attached hydrogens (primary N) is 1. The van der Waals surface area contributed by atoms with E-state index in [1.54, 1.807) is 17.8 Å². The summed E-state index contributed by atoms with van der Waals surface area (Å²) in [6.07, 6.45) is 3.19. The van der Waals surface area contributed by atoms with E-state index in [9.17, 15) is 9.59 Å². The van der Waals surface area contributed by atoms with Crippen LogP contribution in [0.2, 0.25) is 0 Å². The fraction of sp³-hybridized carbons (Fsp3) is 0.636. The molecule has 2 N–H and O–H groups in total. The molecule has 0 atom stereocenters. The fourth-order valence-electron chi connectivity index (χ4n) is 1.73. The number of rotatable bonds is 5. The minimum absolute atomic E-state index is 0.0510. The lowest BCUT2D eigenvalue weighted by atomic mass is 9.96. The Hall–Kier alpha value is -0.970. The van der Waals surface area contributed by atoms with Crippen molar-refractivity contribution in [2.24, 2.45) is 11.7 Å². The first kappa shape index (κ1) is 13.1. The molecule has 0 radical (unpaired) electrons. The van der Waals surface area contributed by atoms with Crippen LogP contribution in [0.15, 0.2) is 12.7 Å². The van der Waals surface area contributed by atoms with Gasteiger partial charge in [0, 0.05) is 24.8 Å². The van der Waals surface area contributed by atoms with E-state index >= 15 is 0 Å². The van der Waals surface area contributed by atoms with Crippen molar-refractivity contribution in [3.05, 3.63) is 12.7 Å². The number of thioether (sulfide) groups is 1. The predicted octanol–water partition coefficient (Wildman–Crippen LogP) is 0.629. The zero-order chi connectivity index (χ0) is 12.0. The molecule has 5 heteroatoms. The molecule has 16 heavy (non-hydrogen) atoms. The van der Waals surface area contributed by atoms with Gasteiger partial charge in [0.25, 0.3) is 0 Å². The van der Waals surface area contributed by atoms with E-state index in [0.29, 0.717) is 31.7 Å². The molecule has 90 valence electrons. The SMILES string of the molecule is C=CCSCC(=O)N1CCC(C(N)=O)CC1. The van der Waals surface area contributed by atoms with Gasteiger partial charge < -0.3 is 10.6 Å². The van der Waals surface area contributed by atoms with E-state index in [2.05, 4.69) is 6.58 Å². The van der Waals surface area contributed by atoms with Gasteiger partial charge in [0.05, 0.1) is 5.75 Å². The third-order valence-corrected chi connectivity index (χ3v) is 3.63. The number of primary amides is 1. The maximum absolute atomic E-state index is 11.7. The van der Waals surface area contributed by atoms with Crippen molar-refractivity contribution in [1.29, 1.82) is 0 Å². The van der Waals surface area contributed by atoms with Crippen LogP contribution in [-0.4, -0.2) is 41.3 Å². The molecule has 0 aromatic rings. The molecule has 1 saturated heterocycles. The van der Waals surface area contributed by atoms with Gasteiger partial charge in [-0.2, -0.15) is 0 Å². The zero-order valence-electron chi connectivity index (χ0n) is 9.35. The van der Waals surface area contributed by atoms with Gasteiger partial charge in [-0.25, -0.2) is 0 Å². The highest BCUT2D eigenvalue weighted by Crippen LogP contribution is 2.17. The molecular formula is C11H18N2O2S. The molecule has 0 aromatic heterocycles. The van der Waals surface area contributed by atoms with Crippen molar-refractivity contribution >= 4 is 23.6 Å². The standard InChI is InChI=1S/C11H18N2O2S/c1-2-7-16-8-10(14)13-5-3-9(4-6-13)11(12)15/h2,9H,1,3-8H2,(H2,12,15). The van der Waals surface area contributed by atoms with E-state index in [-0.39, 0.29) is 17.7 Å². The van der Waals surface area contributed by atoms with Crippen LogP contribution in [0.25, 0.3) is 0 Å². The highest BCUT2D eigenvalue weighted by atomic mass is 32.2. The molecule has 1 aliphatic rings. The van der Waals surface area contributed by atoms with Crippen molar-refractivity contribution in [1.82, 2.24) is 4.90 Å². The molecule has 0 unspecified atom stereocenters. The van der Waals surface area contributed by atoms with Crippen molar-refractivity contribution in [2.45, 2.75) is 12.8 Å². The van der Waals surface area contributed by atoms with Crippen molar-refractivity contribution in [3.63, 3.8) is 0 Å². The fourth-order valence-corrected chi connectivity index (χ4v) is 2.38. The summed E-state index contributed by atoms with van der Waals surface area (Å²) in [7, 11) is 0. The van der Waals surface area contributed by atoms with E-state index < -0.39 is 0 Å². The Morgan fingerprint density at radius 1 is 1.44 bits per heavy atom.